The fourth-order valence-corrected chi connectivity index (χ4v) is 4.03. The summed E-state index contributed by atoms with van der Waals surface area (Å²) in [5.74, 6) is -0.692. The van der Waals surface area contributed by atoms with E-state index in [2.05, 4.69) is 0 Å². The number of nitriles is 1. The number of fused-ring (bicyclic) bond motifs is 5. The Bertz CT molecular complexity index is 1080. The number of imidazole rings is 1. The molecule has 1 amide bonds. The van der Waals surface area contributed by atoms with Crippen LogP contribution in [-0.4, -0.2) is 31.6 Å². The van der Waals surface area contributed by atoms with E-state index in [1.807, 2.05) is 0 Å². The highest BCUT2D eigenvalue weighted by molar-refractivity contribution is 5.74. The molecule has 4 rings (SSSR count). The molecule has 0 saturated carbocycles. The summed E-state index contributed by atoms with van der Waals surface area (Å²) in [6.07, 6.45) is -4.30. The predicted octanol–water partition coefficient (Wildman–Crippen LogP) is 2.08. The van der Waals surface area contributed by atoms with Gasteiger partial charge in [-0.2, -0.15) is 18.4 Å². The number of carbonyl (C=O) groups excluding carboxylic acids is 1. The lowest BCUT2D eigenvalue weighted by atomic mass is 10.1. The van der Waals surface area contributed by atoms with E-state index in [0.29, 0.717) is 19.0 Å². The third kappa shape index (κ3) is 2.27. The largest absolute Gasteiger partial charge is 0.493 e. The van der Waals surface area contributed by atoms with Gasteiger partial charge in [-0.15, -0.1) is 0 Å². The average Bonchev–Trinajstić information content (AvgIpc) is 3.25. The first-order valence-electron chi connectivity index (χ1n) is 8.10. The number of rotatable bonds is 1. The zero-order valence-corrected chi connectivity index (χ0v) is 14.0. The molecule has 3 heterocycles. The van der Waals surface area contributed by atoms with Gasteiger partial charge in [0.25, 0.3) is 0 Å². The summed E-state index contributed by atoms with van der Waals surface area (Å²) in [7, 11) is 0. The molecular weight excluding hydrogens is 365 g/mol. The van der Waals surface area contributed by atoms with Crippen molar-refractivity contribution in [3.05, 3.63) is 45.5 Å². The molecular formula is C17H13F3N4O3. The SMILES string of the molecule is CC(=O)N1C[C@@H]2C[C@H]1c1c(O)n(-c3ccc(C#N)c(C(F)(F)F)c3)c(=O)n12. The highest BCUT2D eigenvalue weighted by Crippen LogP contribution is 2.48. The van der Waals surface area contributed by atoms with E-state index in [4.69, 9.17) is 5.26 Å². The first kappa shape index (κ1) is 17.2. The van der Waals surface area contributed by atoms with Crippen LogP contribution in [0, 0.1) is 11.3 Å². The van der Waals surface area contributed by atoms with Gasteiger partial charge < -0.3 is 10.0 Å². The number of carbonyl (C=O) groups is 1. The van der Waals surface area contributed by atoms with E-state index in [9.17, 15) is 27.9 Å². The third-order valence-corrected chi connectivity index (χ3v) is 5.15. The van der Waals surface area contributed by atoms with Crippen molar-refractivity contribution in [2.24, 2.45) is 0 Å². The topological polar surface area (TPSA) is 91.3 Å². The molecule has 0 radical (unpaired) electrons. The van der Waals surface area contributed by atoms with Crippen molar-refractivity contribution in [1.82, 2.24) is 14.0 Å². The van der Waals surface area contributed by atoms with Crippen molar-refractivity contribution >= 4 is 5.91 Å². The molecule has 2 aliphatic heterocycles. The Morgan fingerprint density at radius 3 is 2.67 bits per heavy atom. The number of aromatic nitrogens is 2. The summed E-state index contributed by atoms with van der Waals surface area (Å²) in [5, 5.41) is 19.5. The lowest BCUT2D eigenvalue weighted by Crippen LogP contribution is -2.36. The normalized spacial score (nSPS) is 20.6. The summed E-state index contributed by atoms with van der Waals surface area (Å²) in [4.78, 5) is 26.1. The fourth-order valence-electron chi connectivity index (χ4n) is 4.03. The first-order valence-corrected chi connectivity index (χ1v) is 8.10. The van der Waals surface area contributed by atoms with Gasteiger partial charge in [-0.25, -0.2) is 9.36 Å². The lowest BCUT2D eigenvalue weighted by molar-refractivity contribution is -0.137. The van der Waals surface area contributed by atoms with Gasteiger partial charge in [-0.1, -0.05) is 0 Å². The Hall–Kier alpha value is -3.22. The van der Waals surface area contributed by atoms with E-state index in [-0.39, 0.29) is 23.3 Å². The van der Waals surface area contributed by atoms with Crippen molar-refractivity contribution in [1.29, 1.82) is 5.26 Å². The smallest absolute Gasteiger partial charge is 0.417 e. The van der Waals surface area contributed by atoms with Crippen molar-refractivity contribution in [2.75, 3.05) is 6.54 Å². The second-order valence-corrected chi connectivity index (χ2v) is 6.61. The van der Waals surface area contributed by atoms with Crippen LogP contribution in [0.4, 0.5) is 13.2 Å². The number of amides is 1. The predicted molar refractivity (Wildman–Crippen MR) is 85.2 cm³/mol. The molecule has 2 aromatic rings. The molecule has 1 aromatic carbocycles. The minimum atomic E-state index is -4.78. The van der Waals surface area contributed by atoms with Crippen LogP contribution in [0.5, 0.6) is 5.88 Å². The molecule has 1 fully saturated rings. The Kier molecular flexibility index (Phi) is 3.43. The summed E-state index contributed by atoms with van der Waals surface area (Å²) in [6.45, 7) is 1.70. The van der Waals surface area contributed by atoms with Crippen LogP contribution in [0.3, 0.4) is 0 Å². The molecule has 7 nitrogen and oxygen atoms in total. The number of hydrogen-bond acceptors (Lipinski definition) is 4. The molecule has 1 aromatic heterocycles. The average molecular weight is 378 g/mol. The fraction of sp³-hybridized carbons (Fsp3) is 0.353. The van der Waals surface area contributed by atoms with Crippen LogP contribution in [0.25, 0.3) is 5.69 Å². The number of hydrogen-bond donors (Lipinski definition) is 1. The zero-order valence-electron chi connectivity index (χ0n) is 14.0. The number of benzene rings is 1. The Labute approximate surface area is 150 Å². The van der Waals surface area contributed by atoms with Gasteiger partial charge in [0.05, 0.1) is 35.0 Å². The Balaban J connectivity index is 1.90. The van der Waals surface area contributed by atoms with Gasteiger partial charge in [-0.3, -0.25) is 9.36 Å². The number of nitrogens with zero attached hydrogens (tertiary/aromatic N) is 4. The van der Waals surface area contributed by atoms with Crippen LogP contribution in [-0.2, 0) is 11.0 Å². The quantitative estimate of drug-likeness (QED) is 0.823. The van der Waals surface area contributed by atoms with E-state index >= 15 is 0 Å². The standard InChI is InChI=1S/C17H13F3N4O3/c1-8(25)22-7-11-5-13(22)14-15(26)24(16(27)23(11)14)10-3-2-9(6-21)12(4-10)17(18,19)20/h2-4,11,13,26H,5,7H2,1H3/t11-,13-/m0/s1. The maximum absolute atomic E-state index is 13.2. The van der Waals surface area contributed by atoms with Crippen LogP contribution in [0.15, 0.2) is 23.0 Å². The van der Waals surface area contributed by atoms with Crippen LogP contribution in [0.1, 0.15) is 42.2 Å². The van der Waals surface area contributed by atoms with Crippen LogP contribution in [0.2, 0.25) is 0 Å². The minimum absolute atomic E-state index is 0.195. The molecule has 2 bridgehead atoms. The highest BCUT2D eigenvalue weighted by atomic mass is 19.4. The van der Waals surface area contributed by atoms with Crippen LogP contribution < -0.4 is 5.69 Å². The number of aromatic hydroxyl groups is 1. The van der Waals surface area contributed by atoms with Crippen LogP contribution >= 0.6 is 0 Å². The minimum Gasteiger partial charge on any atom is -0.493 e. The monoisotopic (exact) mass is 378 g/mol. The molecule has 1 N–H and O–H groups in total. The molecule has 0 unspecified atom stereocenters. The third-order valence-electron chi connectivity index (χ3n) is 5.15. The Morgan fingerprint density at radius 1 is 1.37 bits per heavy atom. The van der Waals surface area contributed by atoms with E-state index in [1.54, 1.807) is 0 Å². The molecule has 10 heteroatoms. The van der Waals surface area contributed by atoms with Gasteiger partial charge in [-0.05, 0) is 24.6 Å². The second kappa shape index (κ2) is 5.39. The molecule has 2 aliphatic rings. The lowest BCUT2D eigenvalue weighted by Gasteiger charge is -2.26. The van der Waals surface area contributed by atoms with Crippen molar-refractivity contribution in [3.8, 4) is 17.6 Å². The second-order valence-electron chi connectivity index (χ2n) is 6.61. The molecule has 1 saturated heterocycles. The Morgan fingerprint density at radius 2 is 2.07 bits per heavy atom. The highest BCUT2D eigenvalue weighted by Gasteiger charge is 2.48. The maximum Gasteiger partial charge on any atom is 0.417 e. The number of halogens is 3. The van der Waals surface area contributed by atoms with E-state index < -0.39 is 34.9 Å². The summed E-state index contributed by atoms with van der Waals surface area (Å²) >= 11 is 0. The van der Waals surface area contributed by atoms with Gasteiger partial charge in [0.15, 0.2) is 0 Å². The molecule has 2 atom stereocenters. The van der Waals surface area contributed by atoms with Gasteiger partial charge in [0.2, 0.25) is 11.8 Å². The van der Waals surface area contributed by atoms with Gasteiger partial charge in [0, 0.05) is 13.5 Å². The molecule has 0 aliphatic carbocycles. The molecule has 0 spiro atoms. The number of likely N-dealkylation sites (tertiary alicyclic amines) is 1. The van der Waals surface area contributed by atoms with Gasteiger partial charge >= 0.3 is 11.9 Å². The van der Waals surface area contributed by atoms with Crippen molar-refractivity contribution < 1.29 is 23.1 Å². The van der Waals surface area contributed by atoms with Crippen molar-refractivity contribution in [2.45, 2.75) is 31.6 Å². The van der Waals surface area contributed by atoms with E-state index in [1.165, 1.54) is 28.5 Å². The van der Waals surface area contributed by atoms with E-state index in [0.717, 1.165) is 10.6 Å². The maximum atomic E-state index is 13.2. The molecule has 140 valence electrons. The number of alkyl halides is 3. The summed E-state index contributed by atoms with van der Waals surface area (Å²) in [6, 6.07) is 3.47. The van der Waals surface area contributed by atoms with Crippen molar-refractivity contribution in [3.63, 3.8) is 0 Å². The van der Waals surface area contributed by atoms with Gasteiger partial charge in [0.1, 0.15) is 5.69 Å². The zero-order chi connectivity index (χ0) is 19.7. The summed E-state index contributed by atoms with van der Waals surface area (Å²) in [5.41, 5.74) is -2.40. The molecule has 27 heavy (non-hydrogen) atoms. The first-order chi connectivity index (χ1) is 12.6. The summed E-state index contributed by atoms with van der Waals surface area (Å²) < 4.78 is 41.8.